The van der Waals surface area contributed by atoms with Crippen molar-refractivity contribution >= 4 is 11.7 Å². The van der Waals surface area contributed by atoms with Crippen LogP contribution in [0.4, 0.5) is 0 Å². The first-order valence-electron chi connectivity index (χ1n) is 12.3. The fourth-order valence-corrected chi connectivity index (χ4v) is 5.09. The van der Waals surface area contributed by atoms with Crippen molar-refractivity contribution in [2.45, 2.75) is 31.8 Å². The number of carbonyl (C=O) groups is 1. The number of carbonyl (C=O) groups excluding carboxylic acids is 1. The largest absolute Gasteiger partial charge is 0.378 e. The highest BCUT2D eigenvalue weighted by molar-refractivity contribution is 6.08. The number of amides is 1. The van der Waals surface area contributed by atoms with Crippen molar-refractivity contribution < 1.29 is 9.53 Å². The van der Waals surface area contributed by atoms with E-state index in [1.165, 1.54) is 0 Å². The molecular formula is C29H27N5O2. The van der Waals surface area contributed by atoms with Crippen LogP contribution in [0.3, 0.4) is 0 Å². The average Bonchev–Trinajstić information content (AvgIpc) is 3.69. The number of ether oxygens (including phenoxy) is 1. The molecule has 1 spiro atoms. The van der Waals surface area contributed by atoms with Gasteiger partial charge < -0.3 is 4.74 Å². The highest BCUT2D eigenvalue weighted by atomic mass is 16.5. The normalized spacial score (nSPS) is 19.3. The van der Waals surface area contributed by atoms with Gasteiger partial charge in [0, 0.05) is 25.0 Å². The van der Waals surface area contributed by atoms with E-state index in [0.717, 1.165) is 51.3 Å². The van der Waals surface area contributed by atoms with E-state index in [-0.39, 0.29) is 5.91 Å². The molecule has 180 valence electrons. The van der Waals surface area contributed by atoms with E-state index < -0.39 is 5.54 Å². The standard InChI is InChI=1S/C29H27N5O2/c1-2-27-31-29(14-15-36-19-29)28(35)34(27)18-20-8-10-22(11-9-20)25-16-23(21-6-4-3-5-7-21)12-13-24(25)26-17-30-33-32-26/h3-13,16-17H,2,14-15,18-19H2,1H3,(H,30,32,33). The topological polar surface area (TPSA) is 83.5 Å². The van der Waals surface area contributed by atoms with Crippen LogP contribution in [0.5, 0.6) is 0 Å². The van der Waals surface area contributed by atoms with Gasteiger partial charge in [0.05, 0.1) is 19.3 Å². The van der Waals surface area contributed by atoms with Gasteiger partial charge in [-0.25, -0.2) is 0 Å². The Morgan fingerprint density at radius 1 is 0.972 bits per heavy atom. The summed E-state index contributed by atoms with van der Waals surface area (Å²) in [6, 6.07) is 25.2. The number of amidine groups is 1. The quantitative estimate of drug-likeness (QED) is 0.418. The minimum absolute atomic E-state index is 0.0600. The van der Waals surface area contributed by atoms with Crippen molar-refractivity contribution in [3.05, 3.63) is 84.6 Å². The van der Waals surface area contributed by atoms with Crippen LogP contribution in [0.15, 0.2) is 84.0 Å². The molecule has 1 unspecified atom stereocenters. The van der Waals surface area contributed by atoms with E-state index in [9.17, 15) is 4.79 Å². The molecule has 4 aromatic rings. The zero-order chi connectivity index (χ0) is 24.5. The van der Waals surface area contributed by atoms with Gasteiger partial charge in [-0.3, -0.25) is 14.7 Å². The van der Waals surface area contributed by atoms with Gasteiger partial charge in [-0.05, 0) is 33.9 Å². The number of nitrogens with one attached hydrogen (secondary N) is 1. The van der Waals surface area contributed by atoms with Crippen LogP contribution in [0.2, 0.25) is 0 Å². The Morgan fingerprint density at radius 2 is 1.78 bits per heavy atom. The number of rotatable bonds is 6. The Bertz CT molecular complexity index is 1410. The molecule has 36 heavy (non-hydrogen) atoms. The van der Waals surface area contributed by atoms with Crippen molar-refractivity contribution in [1.29, 1.82) is 0 Å². The Labute approximate surface area is 209 Å². The highest BCUT2D eigenvalue weighted by Crippen LogP contribution is 2.36. The summed E-state index contributed by atoms with van der Waals surface area (Å²) >= 11 is 0. The zero-order valence-electron chi connectivity index (χ0n) is 20.1. The maximum Gasteiger partial charge on any atom is 0.258 e. The fourth-order valence-electron chi connectivity index (χ4n) is 5.09. The molecule has 1 saturated heterocycles. The molecule has 2 aliphatic heterocycles. The van der Waals surface area contributed by atoms with Crippen molar-refractivity contribution in [3.63, 3.8) is 0 Å². The molecule has 0 bridgehead atoms. The molecule has 0 radical (unpaired) electrons. The van der Waals surface area contributed by atoms with Crippen molar-refractivity contribution in [3.8, 4) is 33.5 Å². The van der Waals surface area contributed by atoms with Crippen LogP contribution in [0.1, 0.15) is 25.3 Å². The summed E-state index contributed by atoms with van der Waals surface area (Å²) in [6.45, 7) is 3.52. The minimum Gasteiger partial charge on any atom is -0.378 e. The van der Waals surface area contributed by atoms with Gasteiger partial charge in [0.25, 0.3) is 5.91 Å². The van der Waals surface area contributed by atoms with Gasteiger partial charge in [0.1, 0.15) is 11.5 Å². The first-order chi connectivity index (χ1) is 17.7. The lowest BCUT2D eigenvalue weighted by Crippen LogP contribution is -2.42. The maximum atomic E-state index is 13.3. The van der Waals surface area contributed by atoms with Crippen LogP contribution >= 0.6 is 0 Å². The molecule has 3 heterocycles. The number of hydrogen-bond donors (Lipinski definition) is 1. The van der Waals surface area contributed by atoms with Crippen LogP contribution in [0, 0.1) is 0 Å². The third-order valence-corrected chi connectivity index (χ3v) is 7.04. The lowest BCUT2D eigenvalue weighted by Gasteiger charge is -2.21. The molecule has 0 saturated carbocycles. The SMILES string of the molecule is CCC1=NC2(CCOC2)C(=O)N1Cc1ccc(-c2cc(-c3ccccc3)ccc2-c2cn[nH]n2)cc1. The molecule has 1 aromatic heterocycles. The van der Waals surface area contributed by atoms with E-state index in [4.69, 9.17) is 9.73 Å². The Balaban J connectivity index is 1.32. The van der Waals surface area contributed by atoms with E-state index in [0.29, 0.717) is 26.2 Å². The highest BCUT2D eigenvalue weighted by Gasteiger charge is 2.50. The number of H-pyrrole nitrogens is 1. The number of aliphatic imine (C=N–C) groups is 1. The molecule has 2 aliphatic rings. The van der Waals surface area contributed by atoms with E-state index in [1.54, 1.807) is 6.20 Å². The van der Waals surface area contributed by atoms with Crippen LogP contribution in [-0.2, 0) is 16.1 Å². The second kappa shape index (κ2) is 9.17. The van der Waals surface area contributed by atoms with Crippen LogP contribution in [-0.4, -0.2) is 50.8 Å². The zero-order valence-corrected chi connectivity index (χ0v) is 20.1. The third kappa shape index (κ3) is 3.91. The monoisotopic (exact) mass is 477 g/mol. The summed E-state index contributed by atoms with van der Waals surface area (Å²) in [5.41, 5.74) is 6.60. The average molecular weight is 478 g/mol. The maximum absolute atomic E-state index is 13.3. The molecule has 1 fully saturated rings. The van der Waals surface area contributed by atoms with Gasteiger partial charge in [-0.1, -0.05) is 73.7 Å². The van der Waals surface area contributed by atoms with Gasteiger partial charge in [0.15, 0.2) is 5.54 Å². The number of hydrogen-bond acceptors (Lipinski definition) is 5. The molecule has 7 heteroatoms. The predicted molar refractivity (Wildman–Crippen MR) is 139 cm³/mol. The molecular weight excluding hydrogens is 450 g/mol. The Morgan fingerprint density at radius 3 is 2.47 bits per heavy atom. The number of benzene rings is 3. The van der Waals surface area contributed by atoms with Crippen molar-refractivity contribution in [2.75, 3.05) is 13.2 Å². The molecule has 1 amide bonds. The van der Waals surface area contributed by atoms with E-state index >= 15 is 0 Å². The molecule has 3 aromatic carbocycles. The second-order valence-electron chi connectivity index (χ2n) is 9.29. The lowest BCUT2D eigenvalue weighted by atomic mass is 9.93. The molecule has 1 atom stereocenters. The number of aromatic nitrogens is 3. The van der Waals surface area contributed by atoms with Crippen molar-refractivity contribution in [2.24, 2.45) is 4.99 Å². The first-order valence-corrected chi connectivity index (χ1v) is 12.3. The summed E-state index contributed by atoms with van der Waals surface area (Å²) in [5.74, 6) is 0.906. The fraction of sp³-hybridized carbons (Fsp3) is 0.241. The molecule has 6 rings (SSSR count). The molecule has 0 aliphatic carbocycles. The molecule has 7 nitrogen and oxygen atoms in total. The van der Waals surface area contributed by atoms with E-state index in [1.807, 2.05) is 30.0 Å². The minimum atomic E-state index is -0.713. The summed E-state index contributed by atoms with van der Waals surface area (Å²) < 4.78 is 5.53. The number of aromatic amines is 1. The first kappa shape index (κ1) is 22.4. The predicted octanol–water partition coefficient (Wildman–Crippen LogP) is 5.12. The number of nitrogens with zero attached hydrogens (tertiary/aromatic N) is 4. The summed E-state index contributed by atoms with van der Waals surface area (Å²) in [5, 5.41) is 11.0. The van der Waals surface area contributed by atoms with Crippen LogP contribution < -0.4 is 0 Å². The summed E-state index contributed by atoms with van der Waals surface area (Å²) in [4.78, 5) is 19.9. The van der Waals surface area contributed by atoms with Gasteiger partial charge in [0.2, 0.25) is 0 Å². The lowest BCUT2D eigenvalue weighted by molar-refractivity contribution is -0.131. The van der Waals surface area contributed by atoms with Gasteiger partial charge in [-0.2, -0.15) is 15.4 Å². The molecule has 1 N–H and O–H groups in total. The Hall–Kier alpha value is -4.10. The van der Waals surface area contributed by atoms with E-state index in [2.05, 4.69) is 70.0 Å². The van der Waals surface area contributed by atoms with Crippen LogP contribution in [0.25, 0.3) is 33.5 Å². The van der Waals surface area contributed by atoms with Gasteiger partial charge in [-0.15, -0.1) is 0 Å². The Kier molecular flexibility index (Phi) is 5.70. The second-order valence-corrected chi connectivity index (χ2v) is 9.29. The van der Waals surface area contributed by atoms with Crippen molar-refractivity contribution in [1.82, 2.24) is 20.3 Å². The smallest absolute Gasteiger partial charge is 0.258 e. The third-order valence-electron chi connectivity index (χ3n) is 7.04. The van der Waals surface area contributed by atoms with Gasteiger partial charge >= 0.3 is 0 Å². The summed E-state index contributed by atoms with van der Waals surface area (Å²) in [7, 11) is 0. The summed E-state index contributed by atoms with van der Waals surface area (Å²) in [6.07, 6.45) is 3.12.